The maximum Gasteiger partial charge on any atom is 0.425 e. The highest BCUT2D eigenvalue weighted by atomic mass is 32.1. The molecule has 6 nitrogen and oxygen atoms in total. The van der Waals surface area contributed by atoms with Crippen molar-refractivity contribution in [3.63, 3.8) is 0 Å². The summed E-state index contributed by atoms with van der Waals surface area (Å²) in [5.74, 6) is 0.315. The molecule has 0 aromatic carbocycles. The topological polar surface area (TPSA) is 63.9 Å². The number of aromatic nitrogens is 4. The second-order valence-electron chi connectivity index (χ2n) is 6.50. The number of hydrogen-bond donors (Lipinski definition) is 0. The molecule has 29 heavy (non-hydrogen) atoms. The van der Waals surface area contributed by atoms with Crippen LogP contribution >= 0.6 is 11.3 Å². The number of alkyl halides is 3. The predicted molar refractivity (Wildman–Crippen MR) is 104 cm³/mol. The fraction of sp³-hybridized carbons (Fsp3) is 0.263. The maximum absolute atomic E-state index is 12.7. The van der Waals surface area contributed by atoms with E-state index in [1.54, 1.807) is 6.20 Å². The molecule has 0 radical (unpaired) electrons. The number of halogens is 3. The van der Waals surface area contributed by atoms with Crippen LogP contribution in [0.25, 0.3) is 5.57 Å². The molecular weight excluding hydrogens is 403 g/mol. The molecule has 4 rings (SSSR count). The van der Waals surface area contributed by atoms with Crippen molar-refractivity contribution in [3.05, 3.63) is 74.9 Å². The highest BCUT2D eigenvalue weighted by Gasteiger charge is 2.32. The first-order valence-electron chi connectivity index (χ1n) is 8.84. The third-order valence-electron chi connectivity index (χ3n) is 4.55. The van der Waals surface area contributed by atoms with Crippen LogP contribution in [0.4, 0.5) is 19.1 Å². The molecule has 150 valence electrons. The average molecular weight is 419 g/mol. The minimum Gasteiger partial charge on any atom is -0.337 e. The van der Waals surface area contributed by atoms with E-state index in [9.17, 15) is 18.0 Å². The van der Waals surface area contributed by atoms with Gasteiger partial charge < -0.3 is 4.90 Å². The van der Waals surface area contributed by atoms with E-state index in [0.717, 1.165) is 18.1 Å². The molecule has 0 saturated heterocycles. The third kappa shape index (κ3) is 4.37. The number of thiophene rings is 1. The Labute approximate surface area is 168 Å². The molecule has 0 saturated carbocycles. The van der Waals surface area contributed by atoms with Gasteiger partial charge >= 0.3 is 11.9 Å². The number of anilines is 1. The fourth-order valence-corrected chi connectivity index (χ4v) is 3.93. The normalized spacial score (nSPS) is 14.7. The van der Waals surface area contributed by atoms with E-state index in [2.05, 4.69) is 21.0 Å². The Kier molecular flexibility index (Phi) is 5.18. The second kappa shape index (κ2) is 7.78. The van der Waals surface area contributed by atoms with Gasteiger partial charge in [0.05, 0.1) is 6.54 Å². The first-order valence-corrected chi connectivity index (χ1v) is 9.65. The van der Waals surface area contributed by atoms with Gasteiger partial charge in [0.2, 0.25) is 5.95 Å². The van der Waals surface area contributed by atoms with E-state index in [-0.39, 0.29) is 6.54 Å². The van der Waals surface area contributed by atoms with E-state index in [1.807, 2.05) is 23.2 Å². The summed E-state index contributed by atoms with van der Waals surface area (Å²) in [7, 11) is 0. The molecule has 0 bridgehead atoms. The van der Waals surface area contributed by atoms with Crippen LogP contribution in [0.2, 0.25) is 0 Å². The molecule has 0 aliphatic carbocycles. The zero-order valence-electron chi connectivity index (χ0n) is 15.1. The molecule has 1 aliphatic rings. The molecule has 0 unspecified atom stereocenters. The Morgan fingerprint density at radius 1 is 1.21 bits per heavy atom. The Morgan fingerprint density at radius 2 is 2.07 bits per heavy atom. The van der Waals surface area contributed by atoms with E-state index < -0.39 is 16.7 Å². The van der Waals surface area contributed by atoms with Crippen LogP contribution in [-0.4, -0.2) is 32.6 Å². The van der Waals surface area contributed by atoms with Crippen LogP contribution in [0.15, 0.2) is 53.9 Å². The van der Waals surface area contributed by atoms with Crippen LogP contribution in [0, 0.1) is 0 Å². The summed E-state index contributed by atoms with van der Waals surface area (Å²) in [5.41, 5.74) is 1.71. The molecule has 0 atom stereocenters. The van der Waals surface area contributed by atoms with E-state index in [1.165, 1.54) is 22.5 Å². The summed E-state index contributed by atoms with van der Waals surface area (Å²) in [6, 6.07) is 6.26. The molecule has 4 heterocycles. The molecule has 0 N–H and O–H groups in total. The van der Waals surface area contributed by atoms with E-state index in [4.69, 9.17) is 0 Å². The van der Waals surface area contributed by atoms with E-state index >= 15 is 0 Å². The van der Waals surface area contributed by atoms with Crippen molar-refractivity contribution in [2.75, 3.05) is 18.0 Å². The highest BCUT2D eigenvalue weighted by molar-refractivity contribution is 7.12. The van der Waals surface area contributed by atoms with Gasteiger partial charge in [0, 0.05) is 30.4 Å². The van der Waals surface area contributed by atoms with Gasteiger partial charge in [-0.1, -0.05) is 12.1 Å². The van der Waals surface area contributed by atoms with Crippen molar-refractivity contribution in [3.8, 4) is 0 Å². The predicted octanol–water partition coefficient (Wildman–Crippen LogP) is 3.46. The number of nitrogens with zero attached hydrogens (tertiary/aromatic N) is 5. The van der Waals surface area contributed by atoms with Crippen molar-refractivity contribution in [2.45, 2.75) is 19.1 Å². The molecular formula is C19H16F3N5OS. The monoisotopic (exact) mass is 419 g/mol. The van der Waals surface area contributed by atoms with Gasteiger partial charge in [0.1, 0.15) is 11.2 Å². The molecule has 0 amide bonds. The standard InChI is InChI=1S/C19H16F3N5OS/c20-19(21,22)16-4-3-15(29-16)11-27-12-24-17(25-18(27)28)26-8-5-13(6-9-26)14-2-1-7-23-10-14/h1-5,7,10,12H,6,8-9,11H2. The maximum atomic E-state index is 12.7. The summed E-state index contributed by atoms with van der Waals surface area (Å²) in [4.78, 5) is 26.3. The van der Waals surface area contributed by atoms with Gasteiger partial charge in [-0.2, -0.15) is 18.2 Å². The summed E-state index contributed by atoms with van der Waals surface area (Å²) < 4.78 is 39.4. The van der Waals surface area contributed by atoms with Crippen molar-refractivity contribution in [1.29, 1.82) is 0 Å². The van der Waals surface area contributed by atoms with Gasteiger partial charge in [0.15, 0.2) is 0 Å². The lowest BCUT2D eigenvalue weighted by atomic mass is 10.0. The lowest BCUT2D eigenvalue weighted by Gasteiger charge is -2.26. The van der Waals surface area contributed by atoms with Crippen molar-refractivity contribution >= 4 is 22.9 Å². The smallest absolute Gasteiger partial charge is 0.337 e. The van der Waals surface area contributed by atoms with Gasteiger partial charge in [-0.15, -0.1) is 11.3 Å². The van der Waals surface area contributed by atoms with Crippen LogP contribution in [0.3, 0.4) is 0 Å². The molecule has 3 aromatic rings. The summed E-state index contributed by atoms with van der Waals surface area (Å²) in [5, 5.41) is 0. The molecule has 0 fully saturated rings. The van der Waals surface area contributed by atoms with Crippen molar-refractivity contribution < 1.29 is 13.2 Å². The quantitative estimate of drug-likeness (QED) is 0.648. The summed E-state index contributed by atoms with van der Waals surface area (Å²) in [6.07, 6.45) is 3.31. The number of hydrogen-bond acceptors (Lipinski definition) is 6. The van der Waals surface area contributed by atoms with Gasteiger partial charge in [0.25, 0.3) is 0 Å². The Bertz CT molecular complexity index is 1090. The van der Waals surface area contributed by atoms with Crippen LogP contribution in [0.1, 0.15) is 21.7 Å². The number of rotatable bonds is 4. The first kappa shape index (κ1) is 19.3. The minimum atomic E-state index is -4.38. The summed E-state index contributed by atoms with van der Waals surface area (Å²) in [6.45, 7) is 1.22. The Morgan fingerprint density at radius 3 is 2.69 bits per heavy atom. The lowest BCUT2D eigenvalue weighted by Crippen LogP contribution is -2.33. The average Bonchev–Trinajstić information content (AvgIpc) is 3.20. The van der Waals surface area contributed by atoms with Gasteiger partial charge in [-0.25, -0.2) is 9.78 Å². The molecule has 10 heteroatoms. The summed E-state index contributed by atoms with van der Waals surface area (Å²) >= 11 is 0.610. The van der Waals surface area contributed by atoms with Crippen LogP contribution in [0.5, 0.6) is 0 Å². The Balaban J connectivity index is 1.46. The largest absolute Gasteiger partial charge is 0.425 e. The molecule has 1 aliphatic heterocycles. The number of pyridine rings is 1. The van der Waals surface area contributed by atoms with Crippen molar-refractivity contribution in [1.82, 2.24) is 19.5 Å². The van der Waals surface area contributed by atoms with Gasteiger partial charge in [-0.05, 0) is 35.8 Å². The zero-order valence-corrected chi connectivity index (χ0v) is 16.0. The fourth-order valence-electron chi connectivity index (χ4n) is 3.06. The van der Waals surface area contributed by atoms with Crippen LogP contribution < -0.4 is 10.6 Å². The van der Waals surface area contributed by atoms with E-state index in [0.29, 0.717) is 35.3 Å². The third-order valence-corrected chi connectivity index (χ3v) is 5.66. The SMILES string of the molecule is O=c1nc(N2CC=C(c3cccnc3)CC2)ncn1Cc1ccc(C(F)(F)F)s1. The second-order valence-corrected chi connectivity index (χ2v) is 7.67. The first-order chi connectivity index (χ1) is 13.9. The van der Waals surface area contributed by atoms with Crippen LogP contribution in [-0.2, 0) is 12.7 Å². The zero-order chi connectivity index (χ0) is 20.4. The lowest BCUT2D eigenvalue weighted by molar-refractivity contribution is -0.134. The molecule has 3 aromatic heterocycles. The molecule has 0 spiro atoms. The Hall–Kier alpha value is -3.01. The van der Waals surface area contributed by atoms with Crippen molar-refractivity contribution in [2.24, 2.45) is 0 Å². The van der Waals surface area contributed by atoms with Gasteiger partial charge in [-0.3, -0.25) is 9.55 Å². The highest BCUT2D eigenvalue weighted by Crippen LogP contribution is 2.34. The minimum absolute atomic E-state index is 0.00488.